The molecule has 0 saturated heterocycles. The third kappa shape index (κ3) is 2.99. The quantitative estimate of drug-likeness (QED) is 0.447. The second-order valence-corrected chi connectivity index (χ2v) is 4.87. The first-order valence-electron chi connectivity index (χ1n) is 6.28. The van der Waals surface area contributed by atoms with Gasteiger partial charge in [-0.25, -0.2) is 0 Å². The molecule has 1 rings (SSSR count). The molecule has 0 radical (unpaired) electrons. The van der Waals surface area contributed by atoms with Crippen molar-refractivity contribution in [3.05, 3.63) is 35.9 Å². The van der Waals surface area contributed by atoms with Gasteiger partial charge in [-0.2, -0.15) is 0 Å². The molecule has 0 heterocycles. The van der Waals surface area contributed by atoms with Gasteiger partial charge >= 0.3 is 5.97 Å². The van der Waals surface area contributed by atoms with Crippen LogP contribution in [0.1, 0.15) is 18.4 Å². The summed E-state index contributed by atoms with van der Waals surface area (Å²) in [7, 11) is 0. The maximum absolute atomic E-state index is 10.9. The van der Waals surface area contributed by atoms with Crippen molar-refractivity contribution in [1.82, 2.24) is 0 Å². The Morgan fingerprint density at radius 2 is 1.50 bits per heavy atom. The van der Waals surface area contributed by atoms with Gasteiger partial charge in [-0.3, -0.25) is 4.79 Å². The minimum Gasteiger partial charge on any atom is -0.481 e. The van der Waals surface area contributed by atoms with Gasteiger partial charge < -0.3 is 25.5 Å². The molecule has 1 aromatic rings. The van der Waals surface area contributed by atoms with Gasteiger partial charge in [0, 0.05) is 6.42 Å². The van der Waals surface area contributed by atoms with Crippen LogP contribution in [-0.4, -0.2) is 51.3 Å². The molecule has 1 unspecified atom stereocenters. The average Bonchev–Trinajstić information content (AvgIpc) is 2.48. The molecule has 6 nitrogen and oxygen atoms in total. The molecule has 1 atom stereocenters. The number of benzene rings is 1. The predicted octanol–water partition coefficient (Wildman–Crippen LogP) is -0.298. The molecular weight excluding hydrogens is 264 g/mol. The van der Waals surface area contributed by atoms with E-state index in [1.807, 2.05) is 0 Å². The minimum atomic E-state index is -1.84. The van der Waals surface area contributed by atoms with Gasteiger partial charge in [-0.1, -0.05) is 30.3 Å². The smallest absolute Gasteiger partial charge is 0.303 e. The van der Waals surface area contributed by atoms with Crippen LogP contribution in [0, 0.1) is 5.41 Å². The van der Waals surface area contributed by atoms with E-state index in [0.29, 0.717) is 5.56 Å². The average molecular weight is 284 g/mol. The molecule has 0 aliphatic heterocycles. The normalized spacial score (nSPS) is 14.8. The summed E-state index contributed by atoms with van der Waals surface area (Å²) in [5.74, 6) is -1.11. The zero-order chi connectivity index (χ0) is 15.2. The molecule has 0 aliphatic rings. The molecular formula is C14H20O6. The Morgan fingerprint density at radius 3 is 1.90 bits per heavy atom. The highest BCUT2D eigenvalue weighted by atomic mass is 16.4. The topological polar surface area (TPSA) is 118 Å². The van der Waals surface area contributed by atoms with E-state index in [-0.39, 0.29) is 12.8 Å². The van der Waals surface area contributed by atoms with Crippen molar-refractivity contribution in [3.8, 4) is 0 Å². The molecule has 0 spiro atoms. The van der Waals surface area contributed by atoms with Crippen LogP contribution in [0.15, 0.2) is 30.3 Å². The van der Waals surface area contributed by atoms with Crippen LogP contribution in [0.3, 0.4) is 0 Å². The van der Waals surface area contributed by atoms with E-state index in [9.17, 15) is 25.2 Å². The Balaban J connectivity index is 3.29. The molecule has 0 aromatic heterocycles. The van der Waals surface area contributed by atoms with E-state index >= 15 is 0 Å². The number of aliphatic hydroxyl groups excluding tert-OH is 3. The minimum absolute atomic E-state index is 0.228. The van der Waals surface area contributed by atoms with Gasteiger partial charge in [-0.05, 0) is 12.0 Å². The summed E-state index contributed by atoms with van der Waals surface area (Å²) < 4.78 is 0. The molecule has 112 valence electrons. The molecule has 0 fully saturated rings. The van der Waals surface area contributed by atoms with Crippen molar-refractivity contribution in [3.63, 3.8) is 0 Å². The number of aliphatic carboxylic acids is 1. The lowest BCUT2D eigenvalue weighted by atomic mass is 9.67. The highest BCUT2D eigenvalue weighted by molar-refractivity contribution is 5.66. The number of carboxylic acids is 1. The van der Waals surface area contributed by atoms with Crippen molar-refractivity contribution in [2.45, 2.75) is 18.4 Å². The van der Waals surface area contributed by atoms with Crippen LogP contribution in [0.2, 0.25) is 0 Å². The Morgan fingerprint density at radius 1 is 1.00 bits per heavy atom. The third-order valence-corrected chi connectivity index (χ3v) is 3.74. The summed E-state index contributed by atoms with van der Waals surface area (Å²) in [6.07, 6.45) is -0.582. The zero-order valence-corrected chi connectivity index (χ0v) is 11.1. The van der Waals surface area contributed by atoms with E-state index in [4.69, 9.17) is 5.11 Å². The predicted molar refractivity (Wildman–Crippen MR) is 70.9 cm³/mol. The zero-order valence-electron chi connectivity index (χ0n) is 11.1. The van der Waals surface area contributed by atoms with Crippen LogP contribution in [0.25, 0.3) is 0 Å². The number of hydrogen-bond acceptors (Lipinski definition) is 5. The van der Waals surface area contributed by atoms with Crippen LogP contribution in [0.4, 0.5) is 0 Å². The van der Waals surface area contributed by atoms with E-state index in [0.717, 1.165) is 0 Å². The van der Waals surface area contributed by atoms with E-state index in [2.05, 4.69) is 0 Å². The van der Waals surface area contributed by atoms with Crippen molar-refractivity contribution < 1.29 is 30.3 Å². The molecule has 0 bridgehead atoms. The Hall–Kier alpha value is -1.47. The number of carbonyl (C=O) groups is 1. The van der Waals surface area contributed by atoms with Crippen LogP contribution in [-0.2, 0) is 10.4 Å². The van der Waals surface area contributed by atoms with Gasteiger partial charge in [0.25, 0.3) is 0 Å². The molecule has 0 amide bonds. The molecule has 20 heavy (non-hydrogen) atoms. The Kier molecular flexibility index (Phi) is 5.64. The first kappa shape index (κ1) is 16.6. The lowest BCUT2D eigenvalue weighted by molar-refractivity contribution is -0.169. The van der Waals surface area contributed by atoms with Crippen molar-refractivity contribution >= 4 is 5.97 Å². The van der Waals surface area contributed by atoms with Gasteiger partial charge in [0.1, 0.15) is 5.60 Å². The summed E-state index contributed by atoms with van der Waals surface area (Å²) in [6, 6.07) is 8.16. The first-order valence-corrected chi connectivity index (χ1v) is 6.28. The summed E-state index contributed by atoms with van der Waals surface area (Å²) >= 11 is 0. The maximum Gasteiger partial charge on any atom is 0.303 e. The fourth-order valence-corrected chi connectivity index (χ4v) is 2.26. The lowest BCUT2D eigenvalue weighted by Crippen LogP contribution is -2.53. The number of carboxylic acid groups (broad SMARTS) is 1. The van der Waals surface area contributed by atoms with Crippen LogP contribution in [0.5, 0.6) is 0 Å². The van der Waals surface area contributed by atoms with E-state index in [1.165, 1.54) is 0 Å². The summed E-state index contributed by atoms with van der Waals surface area (Å²) in [5, 5.41) is 48.2. The van der Waals surface area contributed by atoms with Gasteiger partial charge in [0.2, 0.25) is 0 Å². The van der Waals surface area contributed by atoms with Gasteiger partial charge in [0.05, 0.1) is 25.2 Å². The SMILES string of the molecule is O=C(O)CCC(O)(c1ccccc1)C(CO)(CO)CO. The fraction of sp³-hybridized carbons (Fsp3) is 0.500. The summed E-state index contributed by atoms with van der Waals surface area (Å²) in [4.78, 5) is 10.8. The summed E-state index contributed by atoms with van der Waals surface area (Å²) in [5.41, 5.74) is -3.12. The van der Waals surface area contributed by atoms with Crippen LogP contribution >= 0.6 is 0 Å². The van der Waals surface area contributed by atoms with Crippen molar-refractivity contribution in [2.24, 2.45) is 5.41 Å². The van der Waals surface area contributed by atoms with Crippen LogP contribution < -0.4 is 0 Å². The largest absolute Gasteiger partial charge is 0.481 e. The Bertz CT molecular complexity index is 420. The molecule has 1 aromatic carbocycles. The third-order valence-electron chi connectivity index (χ3n) is 3.74. The Labute approximate surface area is 116 Å². The first-order chi connectivity index (χ1) is 9.45. The lowest BCUT2D eigenvalue weighted by Gasteiger charge is -2.44. The van der Waals surface area contributed by atoms with Crippen molar-refractivity contribution in [2.75, 3.05) is 19.8 Å². The second kappa shape index (κ2) is 6.81. The number of rotatable bonds is 8. The number of aliphatic hydroxyl groups is 4. The molecule has 5 N–H and O–H groups in total. The highest BCUT2D eigenvalue weighted by Gasteiger charge is 2.50. The molecule has 6 heteroatoms. The molecule has 0 saturated carbocycles. The van der Waals surface area contributed by atoms with E-state index < -0.39 is 36.8 Å². The maximum atomic E-state index is 10.9. The van der Waals surface area contributed by atoms with Crippen molar-refractivity contribution in [1.29, 1.82) is 0 Å². The molecule has 0 aliphatic carbocycles. The standard InChI is InChI=1S/C14H20O6/c15-8-13(9-16,10-17)14(20,7-6-12(18)19)11-4-2-1-3-5-11/h1-5,15-17,20H,6-10H2,(H,18,19). The second-order valence-electron chi connectivity index (χ2n) is 4.87. The summed E-state index contributed by atoms with van der Waals surface area (Å²) in [6.45, 7) is -2.03. The van der Waals surface area contributed by atoms with Gasteiger partial charge in [-0.15, -0.1) is 0 Å². The fourth-order valence-electron chi connectivity index (χ4n) is 2.26. The monoisotopic (exact) mass is 284 g/mol. The number of hydrogen-bond donors (Lipinski definition) is 5. The van der Waals surface area contributed by atoms with E-state index in [1.54, 1.807) is 30.3 Å². The van der Waals surface area contributed by atoms with Gasteiger partial charge in [0.15, 0.2) is 0 Å². The highest BCUT2D eigenvalue weighted by Crippen LogP contribution is 2.43.